The molecule has 1 unspecified atom stereocenters. The number of benzene rings is 3. The van der Waals surface area contributed by atoms with E-state index in [1.54, 1.807) is 0 Å². The third kappa shape index (κ3) is 3.59. The van der Waals surface area contributed by atoms with Crippen LogP contribution in [0.15, 0.2) is 66.7 Å². The standard InChI is InChI=1S/C24H26BFO2/c1-23(2)24(3,4)28-25(27-23)22(15-17-9-13-21(26)14-10-17)20-12-11-18-7-5-6-8-19(18)16-20/h5-14,16,22H,15H2,1-4H3. The summed E-state index contributed by atoms with van der Waals surface area (Å²) in [5.41, 5.74) is 1.45. The molecule has 28 heavy (non-hydrogen) atoms. The van der Waals surface area contributed by atoms with Crippen LogP contribution in [0, 0.1) is 5.82 Å². The van der Waals surface area contributed by atoms with E-state index in [-0.39, 0.29) is 18.8 Å². The van der Waals surface area contributed by atoms with E-state index in [9.17, 15) is 4.39 Å². The zero-order valence-corrected chi connectivity index (χ0v) is 16.9. The van der Waals surface area contributed by atoms with Gasteiger partial charge in [0.15, 0.2) is 0 Å². The van der Waals surface area contributed by atoms with Crippen LogP contribution in [0.25, 0.3) is 10.8 Å². The summed E-state index contributed by atoms with van der Waals surface area (Å²) in [6, 6.07) is 21.6. The Bertz CT molecular complexity index is 965. The van der Waals surface area contributed by atoms with Crippen LogP contribution in [0.3, 0.4) is 0 Å². The van der Waals surface area contributed by atoms with Gasteiger partial charge in [-0.15, -0.1) is 0 Å². The van der Waals surface area contributed by atoms with E-state index in [4.69, 9.17) is 9.31 Å². The predicted octanol–water partition coefficient (Wildman–Crippen LogP) is 5.94. The summed E-state index contributed by atoms with van der Waals surface area (Å²) in [6.45, 7) is 8.29. The van der Waals surface area contributed by atoms with Crippen molar-refractivity contribution in [3.8, 4) is 0 Å². The molecule has 0 spiro atoms. The molecule has 1 heterocycles. The lowest BCUT2D eigenvalue weighted by molar-refractivity contribution is 0.00578. The van der Waals surface area contributed by atoms with Crippen LogP contribution < -0.4 is 0 Å². The number of fused-ring (bicyclic) bond motifs is 1. The van der Waals surface area contributed by atoms with Crippen LogP contribution in [-0.4, -0.2) is 18.3 Å². The van der Waals surface area contributed by atoms with Gasteiger partial charge in [-0.25, -0.2) is 4.39 Å². The molecule has 0 bridgehead atoms. The molecule has 0 aromatic heterocycles. The molecule has 0 aliphatic carbocycles. The van der Waals surface area contributed by atoms with Crippen LogP contribution in [-0.2, 0) is 15.7 Å². The van der Waals surface area contributed by atoms with Gasteiger partial charge in [-0.05, 0) is 68.1 Å². The zero-order chi connectivity index (χ0) is 19.9. The largest absolute Gasteiger partial charge is 0.466 e. The average molecular weight is 376 g/mol. The minimum Gasteiger partial charge on any atom is -0.403 e. The first-order chi connectivity index (χ1) is 13.2. The van der Waals surface area contributed by atoms with Gasteiger partial charge in [0.2, 0.25) is 0 Å². The molecule has 0 radical (unpaired) electrons. The number of hydrogen-bond acceptors (Lipinski definition) is 2. The molecule has 3 aromatic carbocycles. The van der Waals surface area contributed by atoms with E-state index in [2.05, 4.69) is 64.1 Å². The van der Waals surface area contributed by atoms with Crippen molar-refractivity contribution in [2.24, 2.45) is 0 Å². The van der Waals surface area contributed by atoms with Crippen molar-refractivity contribution >= 4 is 17.9 Å². The van der Waals surface area contributed by atoms with Gasteiger partial charge in [-0.2, -0.15) is 0 Å². The van der Waals surface area contributed by atoms with Gasteiger partial charge in [0.05, 0.1) is 11.2 Å². The molecule has 1 fully saturated rings. The Balaban J connectivity index is 1.73. The molecule has 1 aliphatic heterocycles. The van der Waals surface area contributed by atoms with E-state index >= 15 is 0 Å². The van der Waals surface area contributed by atoms with Crippen LogP contribution in [0.1, 0.15) is 44.6 Å². The fourth-order valence-electron chi connectivity index (χ4n) is 3.74. The summed E-state index contributed by atoms with van der Waals surface area (Å²) in [5, 5.41) is 2.40. The molecule has 0 saturated carbocycles. The molecule has 144 valence electrons. The average Bonchev–Trinajstić information content (AvgIpc) is 2.88. The van der Waals surface area contributed by atoms with E-state index in [1.807, 2.05) is 18.2 Å². The van der Waals surface area contributed by atoms with Crippen molar-refractivity contribution in [2.75, 3.05) is 0 Å². The lowest BCUT2D eigenvalue weighted by Gasteiger charge is -2.32. The first-order valence-corrected chi connectivity index (χ1v) is 9.84. The van der Waals surface area contributed by atoms with Crippen molar-refractivity contribution in [1.82, 2.24) is 0 Å². The summed E-state index contributed by atoms with van der Waals surface area (Å²) in [7, 11) is -0.365. The fraction of sp³-hybridized carbons (Fsp3) is 0.333. The van der Waals surface area contributed by atoms with Crippen molar-refractivity contribution in [2.45, 2.75) is 51.1 Å². The molecule has 4 heteroatoms. The maximum atomic E-state index is 13.4. The summed E-state index contributed by atoms with van der Waals surface area (Å²) < 4.78 is 26.2. The summed E-state index contributed by atoms with van der Waals surface area (Å²) in [6.07, 6.45) is 0.718. The molecule has 1 atom stereocenters. The Labute approximate surface area is 166 Å². The maximum absolute atomic E-state index is 13.4. The van der Waals surface area contributed by atoms with E-state index in [1.165, 1.54) is 28.5 Å². The highest BCUT2D eigenvalue weighted by atomic mass is 19.1. The van der Waals surface area contributed by atoms with Gasteiger partial charge in [-0.3, -0.25) is 0 Å². The molecule has 1 saturated heterocycles. The highest BCUT2D eigenvalue weighted by Gasteiger charge is 2.53. The monoisotopic (exact) mass is 376 g/mol. The molecule has 0 N–H and O–H groups in total. The molecule has 2 nitrogen and oxygen atoms in total. The number of halogens is 1. The van der Waals surface area contributed by atoms with Crippen LogP contribution in [0.2, 0.25) is 0 Å². The van der Waals surface area contributed by atoms with Gasteiger partial charge in [0.25, 0.3) is 0 Å². The van der Waals surface area contributed by atoms with Gasteiger partial charge in [0.1, 0.15) is 5.82 Å². The first-order valence-electron chi connectivity index (χ1n) is 9.84. The Morgan fingerprint density at radius 2 is 1.43 bits per heavy atom. The van der Waals surface area contributed by atoms with Crippen molar-refractivity contribution in [3.63, 3.8) is 0 Å². The maximum Gasteiger partial charge on any atom is 0.466 e. The van der Waals surface area contributed by atoms with Gasteiger partial charge >= 0.3 is 7.12 Å². The normalized spacial score (nSPS) is 19.1. The SMILES string of the molecule is CC1(C)OB(C(Cc2ccc(F)cc2)c2ccc3ccccc3c2)OC1(C)C. The second-order valence-corrected chi connectivity index (χ2v) is 8.67. The number of hydrogen-bond donors (Lipinski definition) is 0. The quantitative estimate of drug-likeness (QED) is 0.525. The Morgan fingerprint density at radius 1 is 0.821 bits per heavy atom. The molecule has 1 aliphatic rings. The minimum atomic E-state index is -0.393. The Hall–Kier alpha value is -2.17. The van der Waals surface area contributed by atoms with Crippen LogP contribution in [0.4, 0.5) is 4.39 Å². The Morgan fingerprint density at radius 3 is 2.07 bits per heavy atom. The first kappa shape index (κ1) is 19.2. The molecule has 0 amide bonds. The molecular weight excluding hydrogens is 350 g/mol. The predicted molar refractivity (Wildman–Crippen MR) is 113 cm³/mol. The van der Waals surface area contributed by atoms with E-state index in [0.29, 0.717) is 0 Å². The highest BCUT2D eigenvalue weighted by Crippen LogP contribution is 2.42. The fourth-order valence-corrected chi connectivity index (χ4v) is 3.74. The van der Waals surface area contributed by atoms with Crippen molar-refractivity contribution in [1.29, 1.82) is 0 Å². The van der Waals surface area contributed by atoms with Gasteiger partial charge < -0.3 is 9.31 Å². The third-order valence-corrected chi connectivity index (χ3v) is 6.17. The molecular formula is C24H26BFO2. The van der Waals surface area contributed by atoms with Gasteiger partial charge in [-0.1, -0.05) is 54.6 Å². The van der Waals surface area contributed by atoms with Crippen molar-refractivity contribution < 1.29 is 13.7 Å². The van der Waals surface area contributed by atoms with Crippen LogP contribution >= 0.6 is 0 Å². The highest BCUT2D eigenvalue weighted by molar-refractivity contribution is 6.47. The second-order valence-electron chi connectivity index (χ2n) is 8.67. The lowest BCUT2D eigenvalue weighted by Crippen LogP contribution is -2.41. The lowest BCUT2D eigenvalue weighted by atomic mass is 9.65. The van der Waals surface area contributed by atoms with Gasteiger partial charge in [0, 0.05) is 5.82 Å². The van der Waals surface area contributed by atoms with Crippen molar-refractivity contribution in [3.05, 3.63) is 83.7 Å². The smallest absolute Gasteiger partial charge is 0.403 e. The summed E-state index contributed by atoms with van der Waals surface area (Å²) >= 11 is 0. The second kappa shape index (κ2) is 7.02. The number of rotatable bonds is 4. The topological polar surface area (TPSA) is 18.5 Å². The summed E-state index contributed by atoms with van der Waals surface area (Å²) in [4.78, 5) is 0. The van der Waals surface area contributed by atoms with E-state index in [0.717, 1.165) is 12.0 Å². The molecule has 4 rings (SSSR count). The Kier molecular flexibility index (Phi) is 4.80. The summed E-state index contributed by atoms with van der Waals surface area (Å²) in [5.74, 6) is -0.210. The third-order valence-electron chi connectivity index (χ3n) is 6.17. The van der Waals surface area contributed by atoms with E-state index < -0.39 is 11.2 Å². The minimum absolute atomic E-state index is 0.0103. The zero-order valence-electron chi connectivity index (χ0n) is 16.9. The molecule has 3 aromatic rings. The van der Waals surface area contributed by atoms with Crippen LogP contribution in [0.5, 0.6) is 0 Å².